The molecule has 4 aliphatic rings. The van der Waals surface area contributed by atoms with Crippen LogP contribution in [0.3, 0.4) is 0 Å². The van der Waals surface area contributed by atoms with E-state index in [-0.39, 0.29) is 30.1 Å². The Kier molecular flexibility index (Phi) is 2.15. The molecule has 5 rings (SSSR count). The highest BCUT2D eigenvalue weighted by molar-refractivity contribution is 6.21. The van der Waals surface area contributed by atoms with E-state index in [0.717, 1.165) is 0 Å². The molecule has 1 aromatic rings. The maximum Gasteiger partial charge on any atom is 0.261 e. The molecule has 0 aromatic heterocycles. The molecule has 19 heavy (non-hydrogen) atoms. The van der Waals surface area contributed by atoms with Gasteiger partial charge in [0.05, 0.1) is 17.2 Å². The zero-order valence-corrected chi connectivity index (χ0v) is 9.98. The zero-order valence-electron chi connectivity index (χ0n) is 9.98. The molecule has 0 spiro atoms. The van der Waals surface area contributed by atoms with Gasteiger partial charge in [0, 0.05) is 6.42 Å². The Labute approximate surface area is 109 Å². The Hall–Kier alpha value is -1.98. The van der Waals surface area contributed by atoms with E-state index >= 15 is 0 Å². The van der Waals surface area contributed by atoms with Gasteiger partial charge in [-0.1, -0.05) is 24.3 Å². The monoisotopic (exact) mass is 257 g/mol. The van der Waals surface area contributed by atoms with Crippen molar-refractivity contribution in [2.75, 3.05) is 0 Å². The molecular weight excluding hydrogens is 246 g/mol. The van der Waals surface area contributed by atoms with Crippen LogP contribution in [0.25, 0.3) is 0 Å². The largest absolute Gasteiger partial charge is 0.269 e. The second-order valence-electron chi connectivity index (χ2n) is 4.91. The molecule has 3 atom stereocenters. The number of rotatable bonds is 1. The highest BCUT2D eigenvalue weighted by Crippen LogP contribution is 2.33. The van der Waals surface area contributed by atoms with Gasteiger partial charge in [-0.3, -0.25) is 14.5 Å². The van der Waals surface area contributed by atoms with Crippen LogP contribution in [0, 0.1) is 0 Å². The van der Waals surface area contributed by atoms with E-state index in [2.05, 4.69) is 0 Å². The van der Waals surface area contributed by atoms with Crippen LogP contribution in [0.15, 0.2) is 36.4 Å². The van der Waals surface area contributed by atoms with E-state index in [0.29, 0.717) is 17.5 Å². The standard InChI is InChI=1S/C14H11NO4/c16-13-9-3-1-2-4-10(9)14(17)15(13)11-7-8-5-6-12(11)19-18-8/h1-6,8,11-12H,7H2. The number of carbonyl (C=O) groups is 2. The number of nitrogens with zero attached hydrogens (tertiary/aromatic N) is 1. The molecule has 2 bridgehead atoms. The minimum Gasteiger partial charge on any atom is -0.269 e. The molecule has 5 nitrogen and oxygen atoms in total. The van der Waals surface area contributed by atoms with Gasteiger partial charge in [-0.2, -0.15) is 0 Å². The first kappa shape index (κ1) is 10.9. The molecule has 1 aromatic carbocycles. The average Bonchev–Trinajstić information content (AvgIpc) is 2.73. The predicted octanol–water partition coefficient (Wildman–Crippen LogP) is 1.31. The van der Waals surface area contributed by atoms with Gasteiger partial charge in [-0.15, -0.1) is 0 Å². The number of carbonyl (C=O) groups excluding carboxylic acids is 2. The van der Waals surface area contributed by atoms with E-state index in [9.17, 15) is 9.59 Å². The fourth-order valence-corrected chi connectivity index (χ4v) is 2.88. The van der Waals surface area contributed by atoms with Crippen LogP contribution in [-0.2, 0) is 9.78 Å². The van der Waals surface area contributed by atoms with E-state index in [1.807, 2.05) is 12.2 Å². The quantitative estimate of drug-likeness (QED) is 0.432. The number of imide groups is 1. The Bertz CT molecular complexity index is 574. The molecule has 5 heteroatoms. The van der Waals surface area contributed by atoms with Gasteiger partial charge >= 0.3 is 0 Å². The van der Waals surface area contributed by atoms with Crippen molar-refractivity contribution < 1.29 is 19.4 Å². The summed E-state index contributed by atoms with van der Waals surface area (Å²) in [7, 11) is 0. The van der Waals surface area contributed by atoms with Crippen molar-refractivity contribution in [3.05, 3.63) is 47.5 Å². The topological polar surface area (TPSA) is 55.8 Å². The van der Waals surface area contributed by atoms with Gasteiger partial charge in [-0.25, -0.2) is 9.78 Å². The van der Waals surface area contributed by atoms with Crippen molar-refractivity contribution in [2.24, 2.45) is 0 Å². The third-order valence-electron chi connectivity index (χ3n) is 3.82. The van der Waals surface area contributed by atoms with Crippen LogP contribution >= 0.6 is 0 Å². The molecule has 1 fully saturated rings. The fraction of sp³-hybridized carbons (Fsp3) is 0.286. The summed E-state index contributed by atoms with van der Waals surface area (Å²) in [4.78, 5) is 36.3. The highest BCUT2D eigenvalue weighted by Gasteiger charge is 2.47. The number of amides is 2. The normalized spacial score (nSPS) is 32.0. The average molecular weight is 257 g/mol. The molecule has 2 amide bonds. The highest BCUT2D eigenvalue weighted by atomic mass is 17.2. The maximum atomic E-state index is 12.4. The van der Waals surface area contributed by atoms with Gasteiger partial charge in [0.2, 0.25) is 0 Å². The molecule has 3 unspecified atom stereocenters. The summed E-state index contributed by atoms with van der Waals surface area (Å²) >= 11 is 0. The van der Waals surface area contributed by atoms with Crippen molar-refractivity contribution in [1.29, 1.82) is 0 Å². The van der Waals surface area contributed by atoms with Gasteiger partial charge in [-0.05, 0) is 12.1 Å². The van der Waals surface area contributed by atoms with Crippen LogP contribution in [0.2, 0.25) is 0 Å². The van der Waals surface area contributed by atoms with Crippen molar-refractivity contribution in [3.63, 3.8) is 0 Å². The van der Waals surface area contributed by atoms with E-state index in [1.54, 1.807) is 24.3 Å². The van der Waals surface area contributed by atoms with Gasteiger partial charge < -0.3 is 0 Å². The Balaban J connectivity index is 1.73. The smallest absolute Gasteiger partial charge is 0.261 e. The van der Waals surface area contributed by atoms with Gasteiger partial charge in [0.25, 0.3) is 11.8 Å². The zero-order chi connectivity index (χ0) is 13.0. The van der Waals surface area contributed by atoms with Crippen LogP contribution in [0.5, 0.6) is 0 Å². The first-order valence-corrected chi connectivity index (χ1v) is 6.23. The lowest BCUT2D eigenvalue weighted by Gasteiger charge is -2.40. The summed E-state index contributed by atoms with van der Waals surface area (Å²) in [5.74, 6) is -0.481. The van der Waals surface area contributed by atoms with E-state index in [4.69, 9.17) is 9.78 Å². The molecular formula is C14H11NO4. The molecule has 3 heterocycles. The number of hydrogen-bond acceptors (Lipinski definition) is 4. The third kappa shape index (κ3) is 1.42. The number of hydrogen-bond donors (Lipinski definition) is 0. The van der Waals surface area contributed by atoms with Crippen LogP contribution in [0.4, 0.5) is 0 Å². The first-order valence-electron chi connectivity index (χ1n) is 6.23. The molecule has 3 aliphatic heterocycles. The minimum atomic E-state index is -0.368. The summed E-state index contributed by atoms with van der Waals surface area (Å²) in [5.41, 5.74) is 0.942. The molecule has 96 valence electrons. The van der Waals surface area contributed by atoms with Gasteiger partial charge in [0.1, 0.15) is 12.2 Å². The third-order valence-corrected chi connectivity index (χ3v) is 3.82. The SMILES string of the molecule is O=C1c2ccccc2C(=O)N1C1CC2C=CC1OO2. The van der Waals surface area contributed by atoms with Crippen LogP contribution < -0.4 is 0 Å². The summed E-state index contributed by atoms with van der Waals surface area (Å²) in [6, 6.07) is 6.62. The molecule has 0 saturated carbocycles. The number of benzene rings is 1. The lowest BCUT2D eigenvalue weighted by atomic mass is 9.94. The van der Waals surface area contributed by atoms with Crippen LogP contribution in [0.1, 0.15) is 27.1 Å². The van der Waals surface area contributed by atoms with Crippen molar-refractivity contribution in [2.45, 2.75) is 24.7 Å². The first-order chi connectivity index (χ1) is 9.25. The molecule has 1 saturated heterocycles. The van der Waals surface area contributed by atoms with Crippen molar-refractivity contribution >= 4 is 11.8 Å². The fourth-order valence-electron chi connectivity index (χ4n) is 2.88. The Morgan fingerprint density at radius 3 is 2.16 bits per heavy atom. The second kappa shape index (κ2) is 3.76. The van der Waals surface area contributed by atoms with Crippen molar-refractivity contribution in [3.8, 4) is 0 Å². The summed E-state index contributed by atoms with van der Waals surface area (Å²) in [5, 5.41) is 0. The summed E-state index contributed by atoms with van der Waals surface area (Å²) < 4.78 is 0. The maximum absolute atomic E-state index is 12.4. The molecule has 0 radical (unpaired) electrons. The second-order valence-corrected chi connectivity index (χ2v) is 4.91. The summed E-state index contributed by atoms with van der Waals surface area (Å²) in [6.45, 7) is 0. The predicted molar refractivity (Wildman–Crippen MR) is 64.2 cm³/mol. The van der Waals surface area contributed by atoms with E-state index < -0.39 is 0 Å². The van der Waals surface area contributed by atoms with Crippen LogP contribution in [-0.4, -0.2) is 35.0 Å². The van der Waals surface area contributed by atoms with E-state index in [1.165, 1.54) is 4.90 Å². The Morgan fingerprint density at radius 2 is 1.68 bits per heavy atom. The van der Waals surface area contributed by atoms with Crippen molar-refractivity contribution in [1.82, 2.24) is 4.90 Å². The lowest BCUT2D eigenvalue weighted by Crippen LogP contribution is -2.53. The minimum absolute atomic E-state index is 0.181. The number of fused-ring (bicyclic) bond motifs is 3. The Morgan fingerprint density at radius 1 is 1.00 bits per heavy atom. The molecule has 1 aliphatic carbocycles. The molecule has 0 N–H and O–H groups in total. The lowest BCUT2D eigenvalue weighted by molar-refractivity contribution is -0.370. The van der Waals surface area contributed by atoms with Gasteiger partial charge in [0.15, 0.2) is 0 Å². The summed E-state index contributed by atoms with van der Waals surface area (Å²) in [6.07, 6.45) is 3.80.